The molecule has 0 unspecified atom stereocenters. The summed E-state index contributed by atoms with van der Waals surface area (Å²) in [4.78, 5) is 22.0. The van der Waals surface area contributed by atoms with Gasteiger partial charge in [-0.05, 0) is 45.4 Å². The summed E-state index contributed by atoms with van der Waals surface area (Å²) in [5.74, 6) is 1.67. The van der Waals surface area contributed by atoms with E-state index in [9.17, 15) is 4.79 Å². The summed E-state index contributed by atoms with van der Waals surface area (Å²) in [6.07, 6.45) is 3.73. The molecular formula is C15H26Cl3N5O. The van der Waals surface area contributed by atoms with Crippen molar-refractivity contribution < 1.29 is 4.79 Å². The first-order chi connectivity index (χ1) is 10.4. The van der Waals surface area contributed by atoms with Crippen LogP contribution in [0.1, 0.15) is 37.6 Å². The third kappa shape index (κ3) is 5.92. The molecule has 2 rings (SSSR count). The van der Waals surface area contributed by atoms with Crippen molar-refractivity contribution in [2.75, 3.05) is 18.8 Å². The molecule has 9 heteroatoms. The minimum atomic E-state index is -0.417. The highest BCUT2D eigenvalue weighted by atomic mass is 35.5. The van der Waals surface area contributed by atoms with E-state index in [1.165, 1.54) is 0 Å². The van der Waals surface area contributed by atoms with E-state index in [0.29, 0.717) is 22.7 Å². The number of carbonyl (C=O) groups excluding carboxylic acids is 1. The molecule has 24 heavy (non-hydrogen) atoms. The molecule has 2 heterocycles. The summed E-state index contributed by atoms with van der Waals surface area (Å²) >= 11 is 6.15. The molecular weight excluding hydrogens is 373 g/mol. The van der Waals surface area contributed by atoms with Gasteiger partial charge in [0.1, 0.15) is 16.8 Å². The fourth-order valence-electron chi connectivity index (χ4n) is 2.89. The number of anilines is 1. The minimum absolute atomic E-state index is 0. The average molecular weight is 399 g/mol. The second kappa shape index (κ2) is 10.2. The molecule has 0 aliphatic carbocycles. The molecule has 138 valence electrons. The number of aromatic nitrogens is 2. The first-order valence-corrected chi connectivity index (χ1v) is 8.09. The predicted octanol–water partition coefficient (Wildman–Crippen LogP) is 2.38. The van der Waals surface area contributed by atoms with Crippen molar-refractivity contribution >= 4 is 48.1 Å². The van der Waals surface area contributed by atoms with Gasteiger partial charge in [0.05, 0.1) is 6.04 Å². The van der Waals surface area contributed by atoms with Crippen LogP contribution in [0.4, 0.5) is 5.82 Å². The zero-order valence-corrected chi connectivity index (χ0v) is 16.4. The highest BCUT2D eigenvalue weighted by Gasteiger charge is 2.24. The Balaban J connectivity index is 0.00000264. The smallest absolute Gasteiger partial charge is 0.239 e. The summed E-state index contributed by atoms with van der Waals surface area (Å²) in [7, 11) is 0. The lowest BCUT2D eigenvalue weighted by Crippen LogP contribution is -2.45. The van der Waals surface area contributed by atoms with Crippen LogP contribution in [0.2, 0.25) is 5.15 Å². The van der Waals surface area contributed by atoms with E-state index < -0.39 is 6.04 Å². The van der Waals surface area contributed by atoms with E-state index in [1.54, 1.807) is 13.8 Å². The first kappa shape index (κ1) is 23.2. The lowest BCUT2D eigenvalue weighted by Gasteiger charge is -2.33. The molecule has 1 aromatic heterocycles. The van der Waals surface area contributed by atoms with Crippen LogP contribution in [0.5, 0.6) is 0 Å². The monoisotopic (exact) mass is 397 g/mol. The standard InChI is InChI=1S/C15H24ClN5O.2ClH/c1-9(17)15(22)21-7-5-11(6-8-21)3-4-12-13(16)19-10(2)20-14(12)18;;/h9,11H,3-8,17H2,1-2H3,(H2,18,19,20);2*1H/t9-;;/m0../s1. The molecule has 1 aliphatic heterocycles. The van der Waals surface area contributed by atoms with Crippen molar-refractivity contribution in [3.05, 3.63) is 16.5 Å². The highest BCUT2D eigenvalue weighted by molar-refractivity contribution is 6.30. The van der Waals surface area contributed by atoms with Crippen LogP contribution in [0.3, 0.4) is 0 Å². The van der Waals surface area contributed by atoms with Crippen molar-refractivity contribution in [1.29, 1.82) is 0 Å². The van der Waals surface area contributed by atoms with Gasteiger partial charge in [0, 0.05) is 18.7 Å². The molecule has 0 spiro atoms. The largest absolute Gasteiger partial charge is 0.383 e. The molecule has 1 aliphatic rings. The fourth-order valence-corrected chi connectivity index (χ4v) is 3.21. The third-order valence-electron chi connectivity index (χ3n) is 4.22. The van der Waals surface area contributed by atoms with Crippen LogP contribution in [0, 0.1) is 12.8 Å². The lowest BCUT2D eigenvalue weighted by molar-refractivity contribution is -0.133. The summed E-state index contributed by atoms with van der Waals surface area (Å²) in [6, 6.07) is -0.417. The van der Waals surface area contributed by atoms with Crippen molar-refractivity contribution in [2.24, 2.45) is 11.7 Å². The maximum atomic E-state index is 11.9. The molecule has 0 aromatic carbocycles. The Labute approximate surface area is 160 Å². The van der Waals surface area contributed by atoms with E-state index in [4.69, 9.17) is 23.1 Å². The molecule has 0 radical (unpaired) electrons. The van der Waals surface area contributed by atoms with Gasteiger partial charge in [-0.15, -0.1) is 24.8 Å². The summed E-state index contributed by atoms with van der Waals surface area (Å²) in [6.45, 7) is 5.06. The number of carbonyl (C=O) groups is 1. The summed E-state index contributed by atoms with van der Waals surface area (Å²) in [5.41, 5.74) is 12.4. The number of rotatable bonds is 4. The molecule has 4 N–H and O–H groups in total. The number of nitrogen functional groups attached to an aromatic ring is 1. The Hall–Kier alpha value is -0.820. The maximum absolute atomic E-state index is 11.9. The van der Waals surface area contributed by atoms with E-state index in [1.807, 2.05) is 4.90 Å². The Bertz CT molecular complexity index is 525. The Morgan fingerprint density at radius 2 is 1.92 bits per heavy atom. The molecule has 0 bridgehead atoms. The van der Waals surface area contributed by atoms with E-state index in [2.05, 4.69) is 9.97 Å². The number of amides is 1. The van der Waals surface area contributed by atoms with Crippen molar-refractivity contribution in [3.8, 4) is 0 Å². The second-order valence-electron chi connectivity index (χ2n) is 6.02. The number of piperidine rings is 1. The minimum Gasteiger partial charge on any atom is -0.383 e. The molecule has 1 amide bonds. The van der Waals surface area contributed by atoms with Crippen LogP contribution < -0.4 is 11.5 Å². The van der Waals surface area contributed by atoms with Gasteiger partial charge in [-0.25, -0.2) is 9.97 Å². The Kier molecular flexibility index (Phi) is 9.88. The van der Waals surface area contributed by atoms with Crippen LogP contribution >= 0.6 is 36.4 Å². The van der Waals surface area contributed by atoms with Crippen LogP contribution in [-0.4, -0.2) is 39.9 Å². The molecule has 1 aromatic rings. The fraction of sp³-hybridized carbons (Fsp3) is 0.667. The molecule has 6 nitrogen and oxygen atoms in total. The van der Waals surface area contributed by atoms with Gasteiger partial charge in [-0.1, -0.05) is 11.6 Å². The number of halogens is 3. The van der Waals surface area contributed by atoms with Gasteiger partial charge in [-0.3, -0.25) is 4.79 Å². The highest BCUT2D eigenvalue weighted by Crippen LogP contribution is 2.26. The van der Waals surface area contributed by atoms with Gasteiger partial charge in [0.2, 0.25) is 5.91 Å². The van der Waals surface area contributed by atoms with Crippen LogP contribution in [0.15, 0.2) is 0 Å². The average Bonchev–Trinajstić information content (AvgIpc) is 2.46. The lowest BCUT2D eigenvalue weighted by atomic mass is 9.90. The number of likely N-dealkylation sites (tertiary alicyclic amines) is 1. The number of nitrogens with two attached hydrogens (primary N) is 2. The van der Waals surface area contributed by atoms with Gasteiger partial charge >= 0.3 is 0 Å². The summed E-state index contributed by atoms with van der Waals surface area (Å²) in [5, 5.41) is 0.453. The normalized spacial score (nSPS) is 16.1. The van der Waals surface area contributed by atoms with Gasteiger partial charge in [0.25, 0.3) is 0 Å². The van der Waals surface area contributed by atoms with Gasteiger partial charge < -0.3 is 16.4 Å². The molecule has 0 saturated carbocycles. The number of hydrogen-bond donors (Lipinski definition) is 2. The van der Waals surface area contributed by atoms with E-state index in [0.717, 1.165) is 44.3 Å². The SMILES string of the molecule is Cc1nc(N)c(CCC2CCN(C(=O)[C@H](C)N)CC2)c(Cl)n1.Cl.Cl. The van der Waals surface area contributed by atoms with Gasteiger partial charge in [0.15, 0.2) is 0 Å². The topological polar surface area (TPSA) is 98.1 Å². The molecule has 1 atom stereocenters. The number of nitrogens with zero attached hydrogens (tertiary/aromatic N) is 3. The predicted molar refractivity (Wildman–Crippen MR) is 102 cm³/mol. The maximum Gasteiger partial charge on any atom is 0.239 e. The third-order valence-corrected chi connectivity index (χ3v) is 4.53. The number of aryl methyl sites for hydroxylation is 1. The number of hydrogen-bond acceptors (Lipinski definition) is 5. The van der Waals surface area contributed by atoms with Crippen molar-refractivity contribution in [2.45, 2.75) is 45.6 Å². The summed E-state index contributed by atoms with van der Waals surface area (Å²) < 4.78 is 0. The van der Waals surface area contributed by atoms with Gasteiger partial charge in [-0.2, -0.15) is 0 Å². The van der Waals surface area contributed by atoms with Crippen molar-refractivity contribution in [1.82, 2.24) is 14.9 Å². The van der Waals surface area contributed by atoms with Crippen LogP contribution in [-0.2, 0) is 11.2 Å². The van der Waals surface area contributed by atoms with E-state index in [-0.39, 0.29) is 30.7 Å². The molecule has 1 saturated heterocycles. The zero-order chi connectivity index (χ0) is 16.3. The molecule has 1 fully saturated rings. The first-order valence-electron chi connectivity index (χ1n) is 7.71. The Morgan fingerprint density at radius 1 is 1.33 bits per heavy atom. The zero-order valence-electron chi connectivity index (χ0n) is 14.0. The van der Waals surface area contributed by atoms with Crippen molar-refractivity contribution in [3.63, 3.8) is 0 Å². The van der Waals surface area contributed by atoms with Crippen LogP contribution in [0.25, 0.3) is 0 Å². The second-order valence-corrected chi connectivity index (χ2v) is 6.38. The van der Waals surface area contributed by atoms with E-state index >= 15 is 0 Å². The quantitative estimate of drug-likeness (QED) is 0.759. The Morgan fingerprint density at radius 3 is 2.42 bits per heavy atom.